The lowest BCUT2D eigenvalue weighted by Gasteiger charge is -2.11. The lowest BCUT2D eigenvalue weighted by Crippen LogP contribution is -2.28. The number of nitrogen functional groups attached to an aromatic ring is 1. The highest BCUT2D eigenvalue weighted by atomic mass is 32.2. The van der Waals surface area contributed by atoms with Crippen molar-refractivity contribution in [1.82, 2.24) is 25.5 Å². The van der Waals surface area contributed by atoms with E-state index in [-0.39, 0.29) is 39.8 Å². The van der Waals surface area contributed by atoms with Crippen molar-refractivity contribution in [1.29, 1.82) is 0 Å². The normalized spacial score (nSPS) is 16.4. The topological polar surface area (TPSA) is 146 Å². The molecule has 3 heterocycles. The molecule has 0 amide bonds. The molecular formula is C27H29FN6O4S. The molecule has 2 atom stereocenters. The number of rotatable bonds is 9. The zero-order valence-corrected chi connectivity index (χ0v) is 22.4. The summed E-state index contributed by atoms with van der Waals surface area (Å²) in [5.74, 6) is -0.466. The highest BCUT2D eigenvalue weighted by Crippen LogP contribution is 2.30. The molecule has 0 radical (unpaired) electrons. The predicted octanol–water partition coefficient (Wildman–Crippen LogP) is 4.03. The highest BCUT2D eigenvalue weighted by molar-refractivity contribution is 7.92. The molecule has 1 fully saturated rings. The molecule has 12 heteroatoms. The molecule has 0 spiro atoms. The summed E-state index contributed by atoms with van der Waals surface area (Å²) in [7, 11) is -3.41. The van der Waals surface area contributed by atoms with E-state index >= 15 is 0 Å². The van der Waals surface area contributed by atoms with Gasteiger partial charge in [0.1, 0.15) is 5.82 Å². The molecule has 0 aliphatic carbocycles. The van der Waals surface area contributed by atoms with Gasteiger partial charge in [-0.1, -0.05) is 25.1 Å². The van der Waals surface area contributed by atoms with Crippen LogP contribution in [0.3, 0.4) is 0 Å². The van der Waals surface area contributed by atoms with Crippen LogP contribution in [0.25, 0.3) is 34.3 Å². The van der Waals surface area contributed by atoms with Crippen LogP contribution in [0.1, 0.15) is 32.3 Å². The second-order valence-electron chi connectivity index (χ2n) is 9.45. The second kappa shape index (κ2) is 11.2. The zero-order valence-electron chi connectivity index (χ0n) is 21.6. The maximum absolute atomic E-state index is 14.9. The Kier molecular flexibility index (Phi) is 7.69. The summed E-state index contributed by atoms with van der Waals surface area (Å²) in [6.07, 6.45) is 2.92. The number of hydrogen-bond donors (Lipinski definition) is 2. The summed E-state index contributed by atoms with van der Waals surface area (Å²) in [6, 6.07) is 11.5. The second-order valence-corrected chi connectivity index (χ2v) is 11.8. The molecule has 1 aliphatic rings. The summed E-state index contributed by atoms with van der Waals surface area (Å²) >= 11 is 0. The number of halogens is 1. The quantitative estimate of drug-likeness (QED) is 0.312. The Bertz CT molecular complexity index is 1570. The smallest absolute Gasteiger partial charge is 0.270 e. The monoisotopic (exact) mass is 552 g/mol. The van der Waals surface area contributed by atoms with Gasteiger partial charge in [-0.3, -0.25) is 0 Å². The van der Waals surface area contributed by atoms with E-state index in [9.17, 15) is 12.8 Å². The zero-order chi connectivity index (χ0) is 27.6. The molecule has 2 aromatic heterocycles. The molecule has 3 N–H and O–H groups in total. The Hall–Kier alpha value is -3.74. The molecule has 10 nitrogen and oxygen atoms in total. The van der Waals surface area contributed by atoms with E-state index in [2.05, 4.69) is 25.5 Å². The van der Waals surface area contributed by atoms with Crippen molar-refractivity contribution in [3.8, 4) is 34.3 Å². The summed E-state index contributed by atoms with van der Waals surface area (Å²) in [5.41, 5.74) is 8.19. The fraction of sp³-hybridized carbons (Fsp3) is 0.333. The number of sulfone groups is 1. The minimum Gasteiger partial charge on any atom is -0.414 e. The van der Waals surface area contributed by atoms with Crippen molar-refractivity contribution in [3.63, 3.8) is 0 Å². The minimum atomic E-state index is -3.41. The lowest BCUT2D eigenvalue weighted by atomic mass is 10.1. The fourth-order valence-electron chi connectivity index (χ4n) is 4.19. The average Bonchev–Trinajstić information content (AvgIpc) is 3.65. The van der Waals surface area contributed by atoms with Crippen LogP contribution < -0.4 is 11.1 Å². The van der Waals surface area contributed by atoms with Gasteiger partial charge >= 0.3 is 0 Å². The number of aromatic nitrogens is 4. The molecule has 4 aromatic rings. The number of nitrogens with one attached hydrogen (secondary N) is 1. The number of nitrogens with two attached hydrogens (primary N) is 1. The van der Waals surface area contributed by atoms with Crippen LogP contribution in [-0.2, 0) is 21.1 Å². The SMILES string of the molecule is CCC(C)S(=O)(=O)c1ccc(-c2cnc(N)c(-c3nnc(-c4ccc(CN[C@H]5CCOC5)cc4F)o3)n2)cc1. The fourth-order valence-corrected chi connectivity index (χ4v) is 5.61. The van der Waals surface area contributed by atoms with Gasteiger partial charge in [0.05, 0.1) is 34.2 Å². The maximum atomic E-state index is 14.9. The first kappa shape index (κ1) is 26.9. The van der Waals surface area contributed by atoms with Crippen molar-refractivity contribution in [2.75, 3.05) is 18.9 Å². The molecule has 0 saturated carbocycles. The van der Waals surface area contributed by atoms with E-state index in [0.717, 1.165) is 18.6 Å². The number of anilines is 1. The maximum Gasteiger partial charge on any atom is 0.270 e. The van der Waals surface area contributed by atoms with Crippen LogP contribution in [0.4, 0.5) is 10.2 Å². The Morgan fingerprint density at radius 2 is 1.92 bits per heavy atom. The highest BCUT2D eigenvalue weighted by Gasteiger charge is 2.23. The van der Waals surface area contributed by atoms with Gasteiger partial charge in [0.15, 0.2) is 21.3 Å². The largest absolute Gasteiger partial charge is 0.414 e. The van der Waals surface area contributed by atoms with Crippen LogP contribution in [-0.4, -0.2) is 53.1 Å². The molecule has 1 aliphatic heterocycles. The number of ether oxygens (including phenoxy) is 1. The van der Waals surface area contributed by atoms with Crippen molar-refractivity contribution in [2.45, 2.75) is 49.4 Å². The van der Waals surface area contributed by atoms with E-state index in [1.165, 1.54) is 12.3 Å². The number of nitrogens with zero attached hydrogens (tertiary/aromatic N) is 4. The summed E-state index contributed by atoms with van der Waals surface area (Å²) < 4.78 is 51.3. The molecule has 2 aromatic carbocycles. The molecule has 5 rings (SSSR count). The van der Waals surface area contributed by atoms with Gasteiger partial charge in [-0.2, -0.15) is 0 Å². The summed E-state index contributed by atoms with van der Waals surface area (Å²) in [4.78, 5) is 8.94. The third-order valence-electron chi connectivity index (χ3n) is 6.80. The van der Waals surface area contributed by atoms with Crippen LogP contribution in [0.15, 0.2) is 58.0 Å². The minimum absolute atomic E-state index is 0.0146. The molecule has 39 heavy (non-hydrogen) atoms. The third kappa shape index (κ3) is 5.68. The van der Waals surface area contributed by atoms with Gasteiger partial charge in [-0.15, -0.1) is 10.2 Å². The van der Waals surface area contributed by atoms with E-state index in [4.69, 9.17) is 14.9 Å². The van der Waals surface area contributed by atoms with Gasteiger partial charge in [0.2, 0.25) is 0 Å². The van der Waals surface area contributed by atoms with Gasteiger partial charge in [0, 0.05) is 24.8 Å². The first-order valence-corrected chi connectivity index (χ1v) is 14.2. The van der Waals surface area contributed by atoms with Gasteiger partial charge in [-0.05, 0) is 49.6 Å². The van der Waals surface area contributed by atoms with E-state index in [0.29, 0.717) is 30.8 Å². The molecule has 1 unspecified atom stereocenters. The molecule has 204 valence electrons. The van der Waals surface area contributed by atoms with Crippen molar-refractivity contribution in [2.24, 2.45) is 0 Å². The summed E-state index contributed by atoms with van der Waals surface area (Å²) in [6.45, 7) is 5.43. The van der Waals surface area contributed by atoms with Gasteiger partial charge in [-0.25, -0.2) is 22.8 Å². The molecule has 1 saturated heterocycles. The van der Waals surface area contributed by atoms with Crippen LogP contribution >= 0.6 is 0 Å². The Morgan fingerprint density at radius 1 is 1.15 bits per heavy atom. The van der Waals surface area contributed by atoms with E-state index < -0.39 is 20.9 Å². The standard InChI is InChI=1S/C27H29FN6O4S/c1-3-16(2)39(35,36)20-7-5-18(6-8-20)23-14-31-25(29)24(32-23)27-34-33-26(38-27)21-9-4-17(12-22(21)28)13-30-19-10-11-37-15-19/h4-9,12,14,16,19,30H,3,10-11,13,15H2,1-2H3,(H2,29,31)/t16?,19-/m0/s1. The summed E-state index contributed by atoms with van der Waals surface area (Å²) in [5, 5.41) is 10.9. The Labute approximate surface area is 225 Å². The van der Waals surface area contributed by atoms with Crippen molar-refractivity contribution < 1.29 is 22.0 Å². The first-order chi connectivity index (χ1) is 18.8. The Balaban J connectivity index is 1.36. The van der Waals surface area contributed by atoms with E-state index in [1.807, 2.05) is 6.92 Å². The van der Waals surface area contributed by atoms with Gasteiger partial charge in [0.25, 0.3) is 11.8 Å². The first-order valence-electron chi connectivity index (χ1n) is 12.7. The van der Waals surface area contributed by atoms with Crippen molar-refractivity contribution in [3.05, 3.63) is 60.0 Å². The number of hydrogen-bond acceptors (Lipinski definition) is 10. The van der Waals surface area contributed by atoms with Crippen LogP contribution in [0.2, 0.25) is 0 Å². The number of benzene rings is 2. The third-order valence-corrected chi connectivity index (χ3v) is 9.12. The van der Waals surface area contributed by atoms with Crippen molar-refractivity contribution >= 4 is 15.7 Å². The predicted molar refractivity (Wildman–Crippen MR) is 144 cm³/mol. The van der Waals surface area contributed by atoms with Crippen LogP contribution in [0, 0.1) is 5.82 Å². The van der Waals surface area contributed by atoms with Crippen LogP contribution in [0.5, 0.6) is 0 Å². The van der Waals surface area contributed by atoms with E-state index in [1.54, 1.807) is 43.3 Å². The Morgan fingerprint density at radius 3 is 2.62 bits per heavy atom. The molecule has 0 bridgehead atoms. The molecular weight excluding hydrogens is 523 g/mol. The lowest BCUT2D eigenvalue weighted by molar-refractivity contribution is 0.190. The van der Waals surface area contributed by atoms with Gasteiger partial charge < -0.3 is 20.2 Å². The average molecular weight is 553 g/mol.